The van der Waals surface area contributed by atoms with Crippen LogP contribution in [0.1, 0.15) is 81.0 Å². The number of hydrogen-bond acceptors (Lipinski definition) is 2. The van der Waals surface area contributed by atoms with Crippen molar-refractivity contribution in [1.29, 1.82) is 5.26 Å². The van der Waals surface area contributed by atoms with Crippen LogP contribution in [0.3, 0.4) is 0 Å². The summed E-state index contributed by atoms with van der Waals surface area (Å²) >= 11 is 0. The third-order valence-electron chi connectivity index (χ3n) is 8.15. The van der Waals surface area contributed by atoms with E-state index in [1.807, 2.05) is 50.2 Å². The topological polar surface area (TPSA) is 44.0 Å². The zero-order valence-corrected chi connectivity index (χ0v) is 21.3. The normalized spacial score (nSPS) is 18.7. The minimum atomic E-state index is -0.917. The van der Waals surface area contributed by atoms with E-state index in [1.54, 1.807) is 0 Å². The number of hydrogen-bond donors (Lipinski definition) is 1. The summed E-state index contributed by atoms with van der Waals surface area (Å²) in [5, 5.41) is 21.4. The summed E-state index contributed by atoms with van der Waals surface area (Å²) in [7, 11) is 0. The zero-order chi connectivity index (χ0) is 24.7. The molecule has 0 saturated heterocycles. The van der Waals surface area contributed by atoms with Crippen molar-refractivity contribution in [1.82, 2.24) is 0 Å². The molecule has 0 atom stereocenters. The first-order valence-corrected chi connectivity index (χ1v) is 13.3. The van der Waals surface area contributed by atoms with Crippen molar-refractivity contribution >= 4 is 0 Å². The van der Waals surface area contributed by atoms with Gasteiger partial charge in [-0.3, -0.25) is 0 Å². The highest BCUT2D eigenvalue weighted by atomic mass is 16.3. The average molecular weight is 466 g/mol. The predicted octanol–water partition coefficient (Wildman–Crippen LogP) is 7.94. The molecule has 0 bridgehead atoms. The summed E-state index contributed by atoms with van der Waals surface area (Å²) in [5.41, 5.74) is 3.13. The summed E-state index contributed by atoms with van der Waals surface area (Å²) in [4.78, 5) is 0. The first-order chi connectivity index (χ1) is 16.9. The summed E-state index contributed by atoms with van der Waals surface area (Å²) in [6.07, 6.45) is 9.38. The van der Waals surface area contributed by atoms with Gasteiger partial charge in [-0.2, -0.15) is 5.26 Å². The van der Waals surface area contributed by atoms with Crippen LogP contribution < -0.4 is 0 Å². The van der Waals surface area contributed by atoms with Gasteiger partial charge in [0.05, 0.1) is 11.5 Å². The molecule has 2 heteroatoms. The van der Waals surface area contributed by atoms with Gasteiger partial charge in [0.1, 0.15) is 5.60 Å². The fraction of sp³-hybridized carbons (Fsp3) is 0.424. The second-order valence-electron chi connectivity index (χ2n) is 10.9. The SMILES string of the molecule is CC(C)(C#N)c1ccc(CCCCC2CCC(C(O)(c3ccccc3)c3ccccc3)CC2)cc1. The van der Waals surface area contributed by atoms with E-state index in [1.165, 1.54) is 37.7 Å². The van der Waals surface area contributed by atoms with Crippen LogP contribution in [0.4, 0.5) is 0 Å². The Morgan fingerprint density at radius 3 is 1.80 bits per heavy atom. The van der Waals surface area contributed by atoms with Gasteiger partial charge in [0.15, 0.2) is 0 Å². The Morgan fingerprint density at radius 1 is 0.743 bits per heavy atom. The Morgan fingerprint density at radius 2 is 1.29 bits per heavy atom. The first kappa shape index (κ1) is 25.2. The molecule has 0 aromatic heterocycles. The Bertz CT molecular complexity index is 1050. The van der Waals surface area contributed by atoms with Crippen LogP contribution in [0.25, 0.3) is 0 Å². The first-order valence-electron chi connectivity index (χ1n) is 13.3. The van der Waals surface area contributed by atoms with Crippen molar-refractivity contribution < 1.29 is 5.11 Å². The van der Waals surface area contributed by atoms with Crippen LogP contribution >= 0.6 is 0 Å². The molecule has 0 heterocycles. The van der Waals surface area contributed by atoms with Gasteiger partial charge >= 0.3 is 0 Å². The van der Waals surface area contributed by atoms with Crippen molar-refractivity contribution in [3.05, 3.63) is 107 Å². The molecular formula is C33H39NO. The molecule has 0 unspecified atom stereocenters. The molecule has 3 aromatic carbocycles. The van der Waals surface area contributed by atoms with Gasteiger partial charge in [0.25, 0.3) is 0 Å². The lowest BCUT2D eigenvalue weighted by Crippen LogP contribution is -2.38. The maximum absolute atomic E-state index is 12.1. The largest absolute Gasteiger partial charge is 0.380 e. The molecule has 35 heavy (non-hydrogen) atoms. The molecule has 4 rings (SSSR count). The van der Waals surface area contributed by atoms with Crippen molar-refractivity contribution in [3.63, 3.8) is 0 Å². The standard InChI is InChI=1S/C33H39NO/c1-32(2,25-34)28-21-17-26(18-22-28)11-9-10-12-27-19-23-31(24-20-27)33(35,29-13-5-3-6-14-29)30-15-7-4-8-16-30/h3-8,13-18,21-22,27,31,35H,9-12,19-20,23-24H2,1-2H3. The van der Waals surface area contributed by atoms with E-state index in [0.717, 1.165) is 41.9 Å². The second kappa shape index (κ2) is 11.2. The maximum Gasteiger partial charge on any atom is 0.117 e. The molecule has 3 aromatic rings. The van der Waals surface area contributed by atoms with Gasteiger partial charge in [-0.1, -0.05) is 111 Å². The minimum absolute atomic E-state index is 0.250. The number of benzene rings is 3. The van der Waals surface area contributed by atoms with E-state index in [4.69, 9.17) is 0 Å². The average Bonchev–Trinajstić information content (AvgIpc) is 2.92. The number of nitrogens with zero attached hydrogens (tertiary/aromatic N) is 1. The quantitative estimate of drug-likeness (QED) is 0.326. The lowest BCUT2D eigenvalue weighted by molar-refractivity contribution is -0.00811. The summed E-state index contributed by atoms with van der Waals surface area (Å²) in [6, 6.07) is 31.5. The van der Waals surface area contributed by atoms with Gasteiger partial charge in [-0.05, 0) is 73.6 Å². The Hall–Kier alpha value is -2.89. The summed E-state index contributed by atoms with van der Waals surface area (Å²) in [5.74, 6) is 1.01. The molecule has 2 nitrogen and oxygen atoms in total. The van der Waals surface area contributed by atoms with E-state index in [-0.39, 0.29) is 5.92 Å². The minimum Gasteiger partial charge on any atom is -0.380 e. The smallest absolute Gasteiger partial charge is 0.117 e. The van der Waals surface area contributed by atoms with Crippen molar-refractivity contribution in [2.45, 2.75) is 76.2 Å². The number of rotatable bonds is 9. The van der Waals surface area contributed by atoms with E-state index < -0.39 is 11.0 Å². The molecule has 0 radical (unpaired) electrons. The molecule has 1 fully saturated rings. The van der Waals surface area contributed by atoms with Crippen LogP contribution in [0.2, 0.25) is 0 Å². The van der Waals surface area contributed by atoms with Crippen LogP contribution in [0, 0.1) is 23.2 Å². The number of aryl methyl sites for hydroxylation is 1. The van der Waals surface area contributed by atoms with Crippen LogP contribution in [-0.2, 0) is 17.4 Å². The van der Waals surface area contributed by atoms with Crippen LogP contribution in [0.15, 0.2) is 84.9 Å². The molecule has 182 valence electrons. The zero-order valence-electron chi connectivity index (χ0n) is 21.3. The Labute approximate surface area is 211 Å². The number of nitriles is 1. The van der Waals surface area contributed by atoms with Crippen molar-refractivity contribution in [2.24, 2.45) is 11.8 Å². The van der Waals surface area contributed by atoms with E-state index >= 15 is 0 Å². The van der Waals surface area contributed by atoms with E-state index in [0.29, 0.717) is 0 Å². The third kappa shape index (κ3) is 5.85. The highest BCUT2D eigenvalue weighted by Gasteiger charge is 2.41. The second-order valence-corrected chi connectivity index (χ2v) is 10.9. The summed E-state index contributed by atoms with van der Waals surface area (Å²) in [6.45, 7) is 3.94. The van der Waals surface area contributed by atoms with E-state index in [2.05, 4.69) is 54.6 Å². The molecule has 1 aliphatic carbocycles. The molecule has 1 aliphatic rings. The lowest BCUT2D eigenvalue weighted by Gasteiger charge is -2.41. The maximum atomic E-state index is 12.1. The van der Waals surface area contributed by atoms with Crippen LogP contribution in [-0.4, -0.2) is 5.11 Å². The van der Waals surface area contributed by atoms with Gasteiger partial charge in [0.2, 0.25) is 0 Å². The van der Waals surface area contributed by atoms with Gasteiger partial charge in [-0.25, -0.2) is 0 Å². The molecule has 0 amide bonds. The third-order valence-corrected chi connectivity index (χ3v) is 8.15. The van der Waals surface area contributed by atoms with Gasteiger partial charge in [-0.15, -0.1) is 0 Å². The lowest BCUT2D eigenvalue weighted by atomic mass is 9.67. The van der Waals surface area contributed by atoms with E-state index in [9.17, 15) is 10.4 Å². The monoisotopic (exact) mass is 465 g/mol. The molecule has 0 aliphatic heterocycles. The van der Waals surface area contributed by atoms with Crippen molar-refractivity contribution in [3.8, 4) is 6.07 Å². The van der Waals surface area contributed by atoms with Gasteiger partial charge < -0.3 is 5.11 Å². The molecule has 1 N–H and O–H groups in total. The van der Waals surface area contributed by atoms with Crippen molar-refractivity contribution in [2.75, 3.05) is 0 Å². The number of aliphatic hydroxyl groups is 1. The molecular weight excluding hydrogens is 426 g/mol. The fourth-order valence-electron chi connectivity index (χ4n) is 5.81. The number of unbranched alkanes of at least 4 members (excludes halogenated alkanes) is 1. The Balaban J connectivity index is 1.29. The van der Waals surface area contributed by atoms with Gasteiger partial charge in [0, 0.05) is 0 Å². The molecule has 0 spiro atoms. The highest BCUT2D eigenvalue weighted by Crippen LogP contribution is 2.45. The Kier molecular flexibility index (Phi) is 8.09. The fourth-order valence-corrected chi connectivity index (χ4v) is 5.81. The highest BCUT2D eigenvalue weighted by molar-refractivity contribution is 5.37. The van der Waals surface area contributed by atoms with Crippen LogP contribution in [0.5, 0.6) is 0 Å². The molecule has 1 saturated carbocycles. The summed E-state index contributed by atoms with van der Waals surface area (Å²) < 4.78 is 0. The predicted molar refractivity (Wildman–Crippen MR) is 144 cm³/mol.